The van der Waals surface area contributed by atoms with Crippen molar-refractivity contribution in [3.8, 4) is 0 Å². The molecule has 1 aromatic carbocycles. The van der Waals surface area contributed by atoms with Crippen LogP contribution in [0.25, 0.3) is 0 Å². The molecule has 88 valence electrons. The number of hydrogen-bond donors (Lipinski definition) is 0. The van der Waals surface area contributed by atoms with E-state index in [-0.39, 0.29) is 0 Å². The quantitative estimate of drug-likeness (QED) is 0.741. The van der Waals surface area contributed by atoms with Crippen LogP contribution in [0.1, 0.15) is 51.0 Å². The molecule has 1 nitrogen and oxygen atoms in total. The van der Waals surface area contributed by atoms with Gasteiger partial charge < -0.3 is 4.74 Å². The van der Waals surface area contributed by atoms with Gasteiger partial charge in [-0.2, -0.15) is 0 Å². The van der Waals surface area contributed by atoms with Crippen molar-refractivity contribution in [2.24, 2.45) is 0 Å². The zero-order valence-electron chi connectivity index (χ0n) is 10.4. The second kappa shape index (κ2) is 5.49. The molecule has 0 amide bonds. The Labute approximate surface area is 98.8 Å². The highest BCUT2D eigenvalue weighted by molar-refractivity contribution is 5.21. The molecule has 1 aliphatic carbocycles. The van der Waals surface area contributed by atoms with Gasteiger partial charge >= 0.3 is 0 Å². The molecule has 0 spiro atoms. The van der Waals surface area contributed by atoms with Crippen molar-refractivity contribution in [1.82, 2.24) is 0 Å². The van der Waals surface area contributed by atoms with Crippen LogP contribution >= 0.6 is 0 Å². The molecule has 2 rings (SSSR count). The summed E-state index contributed by atoms with van der Waals surface area (Å²) in [5.41, 5.74) is 1.45. The van der Waals surface area contributed by atoms with Gasteiger partial charge in [-0.15, -0.1) is 0 Å². The molecule has 0 saturated heterocycles. The van der Waals surface area contributed by atoms with Gasteiger partial charge in [0.2, 0.25) is 0 Å². The van der Waals surface area contributed by atoms with Gasteiger partial charge in [0.1, 0.15) is 0 Å². The van der Waals surface area contributed by atoms with Crippen molar-refractivity contribution >= 4 is 0 Å². The van der Waals surface area contributed by atoms with Crippen LogP contribution < -0.4 is 0 Å². The average molecular weight is 218 g/mol. The first-order valence-corrected chi connectivity index (χ1v) is 6.48. The topological polar surface area (TPSA) is 9.23 Å². The first-order chi connectivity index (χ1) is 7.77. The Morgan fingerprint density at radius 1 is 1.06 bits per heavy atom. The molecule has 16 heavy (non-hydrogen) atoms. The van der Waals surface area contributed by atoms with Crippen LogP contribution in [0.3, 0.4) is 0 Å². The Kier molecular flexibility index (Phi) is 4.00. The van der Waals surface area contributed by atoms with Crippen LogP contribution in [0.4, 0.5) is 0 Å². The van der Waals surface area contributed by atoms with Gasteiger partial charge in [0.05, 0.1) is 12.2 Å². The Balaban J connectivity index is 2.10. The summed E-state index contributed by atoms with van der Waals surface area (Å²) in [4.78, 5) is 0. The lowest BCUT2D eigenvalue weighted by Gasteiger charge is -2.33. The van der Waals surface area contributed by atoms with Gasteiger partial charge in [-0.1, -0.05) is 43.2 Å². The zero-order valence-corrected chi connectivity index (χ0v) is 10.4. The first kappa shape index (κ1) is 11.7. The van der Waals surface area contributed by atoms with E-state index < -0.39 is 0 Å². The maximum absolute atomic E-state index is 6.06. The van der Waals surface area contributed by atoms with Crippen LogP contribution in [0.2, 0.25) is 0 Å². The Morgan fingerprint density at radius 3 is 2.44 bits per heavy atom. The third-order valence-corrected chi connectivity index (χ3v) is 3.38. The van der Waals surface area contributed by atoms with E-state index in [2.05, 4.69) is 44.2 Å². The molecule has 1 saturated carbocycles. The van der Waals surface area contributed by atoms with E-state index in [1.807, 2.05) is 0 Å². The summed E-state index contributed by atoms with van der Waals surface area (Å²) in [5.74, 6) is 0.609. The Hall–Kier alpha value is -0.820. The molecule has 0 heterocycles. The van der Waals surface area contributed by atoms with Gasteiger partial charge in [0, 0.05) is 5.92 Å². The fraction of sp³-hybridized carbons (Fsp3) is 0.600. The maximum atomic E-state index is 6.06. The van der Waals surface area contributed by atoms with E-state index in [0.717, 1.165) is 0 Å². The third-order valence-electron chi connectivity index (χ3n) is 3.38. The monoisotopic (exact) mass is 218 g/mol. The van der Waals surface area contributed by atoms with E-state index in [0.29, 0.717) is 18.1 Å². The summed E-state index contributed by atoms with van der Waals surface area (Å²) in [6, 6.07) is 10.8. The highest BCUT2D eigenvalue weighted by atomic mass is 16.5. The van der Waals surface area contributed by atoms with E-state index in [9.17, 15) is 0 Å². The lowest BCUT2D eigenvalue weighted by atomic mass is 9.81. The number of hydrogen-bond acceptors (Lipinski definition) is 1. The predicted molar refractivity (Wildman–Crippen MR) is 67.7 cm³/mol. The molecule has 0 bridgehead atoms. The second-order valence-corrected chi connectivity index (χ2v) is 5.02. The molecule has 2 atom stereocenters. The summed E-state index contributed by atoms with van der Waals surface area (Å²) in [5, 5.41) is 0. The summed E-state index contributed by atoms with van der Waals surface area (Å²) < 4.78 is 6.06. The molecular formula is C15H22O. The van der Waals surface area contributed by atoms with Gasteiger partial charge in [0.15, 0.2) is 0 Å². The number of benzene rings is 1. The van der Waals surface area contributed by atoms with Crippen molar-refractivity contribution in [2.75, 3.05) is 0 Å². The summed E-state index contributed by atoms with van der Waals surface area (Å²) in [6.45, 7) is 4.27. The van der Waals surface area contributed by atoms with Crippen LogP contribution in [0, 0.1) is 0 Å². The van der Waals surface area contributed by atoms with E-state index in [1.165, 1.54) is 31.2 Å². The van der Waals surface area contributed by atoms with Crippen molar-refractivity contribution < 1.29 is 4.74 Å². The predicted octanol–water partition coefficient (Wildman–Crippen LogP) is 4.14. The minimum absolute atomic E-state index is 0.342. The first-order valence-electron chi connectivity index (χ1n) is 6.48. The molecule has 1 aliphatic rings. The lowest BCUT2D eigenvalue weighted by molar-refractivity contribution is -0.0247. The largest absolute Gasteiger partial charge is 0.375 e. The van der Waals surface area contributed by atoms with Gasteiger partial charge in [-0.3, -0.25) is 0 Å². The SMILES string of the molecule is CC(C)OC1CCCCC1c1ccccc1. The van der Waals surface area contributed by atoms with Crippen LogP contribution in [-0.2, 0) is 4.74 Å². The molecule has 0 aromatic heterocycles. The van der Waals surface area contributed by atoms with Crippen LogP contribution in [0.5, 0.6) is 0 Å². The second-order valence-electron chi connectivity index (χ2n) is 5.02. The molecule has 0 aliphatic heterocycles. The van der Waals surface area contributed by atoms with Gasteiger partial charge in [-0.05, 0) is 32.3 Å². The average Bonchev–Trinajstić information content (AvgIpc) is 2.30. The highest BCUT2D eigenvalue weighted by Gasteiger charge is 2.27. The zero-order chi connectivity index (χ0) is 11.4. The fourth-order valence-electron chi connectivity index (χ4n) is 2.69. The van der Waals surface area contributed by atoms with Crippen molar-refractivity contribution in [3.63, 3.8) is 0 Å². The van der Waals surface area contributed by atoms with Crippen molar-refractivity contribution in [1.29, 1.82) is 0 Å². The van der Waals surface area contributed by atoms with Crippen LogP contribution in [0.15, 0.2) is 30.3 Å². The van der Waals surface area contributed by atoms with Crippen molar-refractivity contribution in [2.45, 2.75) is 57.7 Å². The molecule has 0 N–H and O–H groups in total. The number of ether oxygens (including phenoxy) is 1. The minimum Gasteiger partial charge on any atom is -0.375 e. The Bertz CT molecular complexity index is 304. The third kappa shape index (κ3) is 2.85. The van der Waals surface area contributed by atoms with Crippen LogP contribution in [-0.4, -0.2) is 12.2 Å². The Morgan fingerprint density at radius 2 is 1.75 bits per heavy atom. The van der Waals surface area contributed by atoms with E-state index >= 15 is 0 Å². The fourth-order valence-corrected chi connectivity index (χ4v) is 2.69. The van der Waals surface area contributed by atoms with Gasteiger partial charge in [-0.25, -0.2) is 0 Å². The normalized spacial score (nSPS) is 25.9. The molecule has 1 heteroatoms. The highest BCUT2D eigenvalue weighted by Crippen LogP contribution is 2.35. The molecule has 0 radical (unpaired) electrons. The minimum atomic E-state index is 0.342. The molecule has 2 unspecified atom stereocenters. The molecular weight excluding hydrogens is 196 g/mol. The summed E-state index contributed by atoms with van der Waals surface area (Å²) >= 11 is 0. The number of rotatable bonds is 3. The van der Waals surface area contributed by atoms with Crippen molar-refractivity contribution in [3.05, 3.63) is 35.9 Å². The standard InChI is InChI=1S/C15H22O/c1-12(2)16-15-11-7-6-10-14(15)13-8-4-3-5-9-13/h3-5,8-9,12,14-15H,6-7,10-11H2,1-2H3. The molecule has 1 aromatic rings. The smallest absolute Gasteiger partial charge is 0.0647 e. The lowest BCUT2D eigenvalue weighted by Crippen LogP contribution is -2.28. The summed E-state index contributed by atoms with van der Waals surface area (Å²) in [6.07, 6.45) is 5.93. The van der Waals surface area contributed by atoms with Gasteiger partial charge in [0.25, 0.3) is 0 Å². The van der Waals surface area contributed by atoms with E-state index in [4.69, 9.17) is 4.74 Å². The van der Waals surface area contributed by atoms with E-state index in [1.54, 1.807) is 0 Å². The summed E-state index contributed by atoms with van der Waals surface area (Å²) in [7, 11) is 0. The molecule has 1 fully saturated rings. The maximum Gasteiger partial charge on any atom is 0.0647 e.